The fraction of sp³-hybridized carbons (Fsp3) is 0.368. The maximum atomic E-state index is 12.8. The Hall–Kier alpha value is -2.36. The van der Waals surface area contributed by atoms with E-state index in [-0.39, 0.29) is 11.4 Å². The zero-order chi connectivity index (χ0) is 21.0. The lowest BCUT2D eigenvalue weighted by Gasteiger charge is -2.25. The molecule has 8 nitrogen and oxygen atoms in total. The number of rotatable bonds is 6. The SMILES string of the molecule is COc1ccc(NC(=O)Cn2cccc(S(=O)(=O)N3CCCCC3)c2=O)cc1Cl. The number of methoxy groups -OCH3 is 1. The number of pyridine rings is 1. The van der Waals surface area contributed by atoms with E-state index in [1.54, 1.807) is 12.1 Å². The molecule has 0 radical (unpaired) electrons. The van der Waals surface area contributed by atoms with Crippen LogP contribution in [0.15, 0.2) is 46.2 Å². The highest BCUT2D eigenvalue weighted by Gasteiger charge is 2.29. The number of halogens is 1. The molecule has 10 heteroatoms. The van der Waals surface area contributed by atoms with Gasteiger partial charge in [-0.05, 0) is 43.2 Å². The molecule has 1 aliphatic rings. The van der Waals surface area contributed by atoms with Crippen molar-refractivity contribution in [1.82, 2.24) is 8.87 Å². The second kappa shape index (κ2) is 8.98. The average molecular weight is 440 g/mol. The third kappa shape index (κ3) is 4.80. The van der Waals surface area contributed by atoms with Crippen molar-refractivity contribution in [2.24, 2.45) is 0 Å². The summed E-state index contributed by atoms with van der Waals surface area (Å²) in [6.07, 6.45) is 3.90. The molecule has 1 aromatic carbocycles. The van der Waals surface area contributed by atoms with Crippen LogP contribution in [0, 0.1) is 0 Å². The van der Waals surface area contributed by atoms with Gasteiger partial charge in [0.2, 0.25) is 15.9 Å². The highest BCUT2D eigenvalue weighted by atomic mass is 35.5. The molecule has 0 atom stereocenters. The van der Waals surface area contributed by atoms with Crippen LogP contribution >= 0.6 is 11.6 Å². The van der Waals surface area contributed by atoms with Gasteiger partial charge in [0.15, 0.2) is 0 Å². The molecule has 1 amide bonds. The maximum absolute atomic E-state index is 12.8. The van der Waals surface area contributed by atoms with E-state index in [9.17, 15) is 18.0 Å². The Bertz CT molecular complexity index is 1060. The third-order valence-corrected chi connectivity index (χ3v) is 6.87. The minimum Gasteiger partial charge on any atom is -0.495 e. The summed E-state index contributed by atoms with van der Waals surface area (Å²) in [5, 5.41) is 2.96. The summed E-state index contributed by atoms with van der Waals surface area (Å²) in [6, 6.07) is 7.48. The van der Waals surface area contributed by atoms with Crippen molar-refractivity contribution >= 4 is 33.2 Å². The Balaban J connectivity index is 1.78. The fourth-order valence-corrected chi connectivity index (χ4v) is 5.04. The molecule has 2 heterocycles. The minimum absolute atomic E-state index is 0.317. The van der Waals surface area contributed by atoms with Crippen molar-refractivity contribution in [3.63, 3.8) is 0 Å². The Morgan fingerprint density at radius 2 is 1.93 bits per heavy atom. The zero-order valence-electron chi connectivity index (χ0n) is 15.9. The van der Waals surface area contributed by atoms with Crippen LogP contribution in [0.4, 0.5) is 5.69 Å². The number of ether oxygens (including phenoxy) is 1. The monoisotopic (exact) mass is 439 g/mol. The number of amides is 1. The predicted molar refractivity (Wildman–Crippen MR) is 110 cm³/mol. The molecule has 156 valence electrons. The Kier molecular flexibility index (Phi) is 6.61. The van der Waals surface area contributed by atoms with Crippen LogP contribution in [0.1, 0.15) is 19.3 Å². The number of aromatic nitrogens is 1. The van der Waals surface area contributed by atoms with Crippen molar-refractivity contribution in [2.75, 3.05) is 25.5 Å². The van der Waals surface area contributed by atoms with Crippen LogP contribution < -0.4 is 15.6 Å². The van der Waals surface area contributed by atoms with Crippen LogP contribution in [0.5, 0.6) is 5.75 Å². The van der Waals surface area contributed by atoms with Crippen molar-refractivity contribution in [1.29, 1.82) is 0 Å². The van der Waals surface area contributed by atoms with E-state index < -0.39 is 21.5 Å². The van der Waals surface area contributed by atoms with Crippen molar-refractivity contribution < 1.29 is 17.9 Å². The summed E-state index contributed by atoms with van der Waals surface area (Å²) in [5.41, 5.74) is -0.285. The first-order valence-electron chi connectivity index (χ1n) is 9.16. The Morgan fingerprint density at radius 1 is 1.21 bits per heavy atom. The summed E-state index contributed by atoms with van der Waals surface area (Å²) in [7, 11) is -2.40. The van der Waals surface area contributed by atoms with Crippen molar-refractivity contribution in [2.45, 2.75) is 30.7 Å². The van der Waals surface area contributed by atoms with Gasteiger partial charge in [-0.2, -0.15) is 4.31 Å². The van der Waals surface area contributed by atoms with Crippen LogP contribution in [-0.2, 0) is 21.4 Å². The van der Waals surface area contributed by atoms with Gasteiger partial charge in [0.25, 0.3) is 5.56 Å². The number of carbonyl (C=O) groups excluding carboxylic acids is 1. The third-order valence-electron chi connectivity index (χ3n) is 4.67. The van der Waals surface area contributed by atoms with Crippen molar-refractivity contribution in [3.05, 3.63) is 51.9 Å². The normalized spacial score (nSPS) is 15.1. The van der Waals surface area contributed by atoms with E-state index in [1.165, 1.54) is 35.8 Å². The number of nitrogens with zero attached hydrogens (tertiary/aromatic N) is 2. The van der Waals surface area contributed by atoms with Gasteiger partial charge < -0.3 is 14.6 Å². The van der Waals surface area contributed by atoms with Gasteiger partial charge in [-0.25, -0.2) is 8.42 Å². The topological polar surface area (TPSA) is 97.7 Å². The average Bonchev–Trinajstić information content (AvgIpc) is 2.70. The Labute approximate surface area is 174 Å². The van der Waals surface area contributed by atoms with Gasteiger partial charge in [-0.1, -0.05) is 18.0 Å². The molecule has 1 fully saturated rings. The molecular formula is C19H22ClN3O5S. The Morgan fingerprint density at radius 3 is 2.59 bits per heavy atom. The van der Waals surface area contributed by atoms with E-state index in [1.807, 2.05) is 0 Å². The molecule has 1 aromatic heterocycles. The van der Waals surface area contributed by atoms with Gasteiger partial charge >= 0.3 is 0 Å². The summed E-state index contributed by atoms with van der Waals surface area (Å²) in [6.45, 7) is 0.469. The van der Waals surface area contributed by atoms with Crippen molar-refractivity contribution in [3.8, 4) is 5.75 Å². The number of sulfonamides is 1. The number of benzene rings is 1. The smallest absolute Gasteiger partial charge is 0.271 e. The molecular weight excluding hydrogens is 418 g/mol. The van der Waals surface area contributed by atoms with E-state index in [0.717, 1.165) is 23.8 Å². The minimum atomic E-state index is -3.89. The summed E-state index contributed by atoms with van der Waals surface area (Å²) in [4.78, 5) is 24.8. The van der Waals surface area contributed by atoms with E-state index in [4.69, 9.17) is 16.3 Å². The number of hydrogen-bond acceptors (Lipinski definition) is 5. The molecule has 0 unspecified atom stereocenters. The van der Waals surface area contributed by atoms with Gasteiger partial charge in [0.05, 0.1) is 12.1 Å². The molecule has 0 aliphatic carbocycles. The summed E-state index contributed by atoms with van der Waals surface area (Å²) in [5.74, 6) is -0.0163. The highest BCUT2D eigenvalue weighted by Crippen LogP contribution is 2.27. The second-order valence-electron chi connectivity index (χ2n) is 6.67. The van der Waals surface area contributed by atoms with Crippen LogP contribution in [0.25, 0.3) is 0 Å². The first kappa shape index (κ1) is 21.4. The molecule has 29 heavy (non-hydrogen) atoms. The van der Waals surface area contributed by atoms with Gasteiger partial charge in [-0.15, -0.1) is 0 Å². The number of piperidine rings is 1. The standard InChI is InChI=1S/C19H22ClN3O5S/c1-28-16-8-7-14(12-15(16)20)21-18(24)13-22-9-5-6-17(19(22)25)29(26,27)23-10-3-2-4-11-23/h5-9,12H,2-4,10-11,13H2,1H3,(H,21,24). The quantitative estimate of drug-likeness (QED) is 0.744. The van der Waals surface area contributed by atoms with E-state index in [0.29, 0.717) is 29.5 Å². The molecule has 2 aromatic rings. The van der Waals surface area contributed by atoms with Crippen LogP contribution in [0.2, 0.25) is 5.02 Å². The molecule has 0 spiro atoms. The van der Waals surface area contributed by atoms with E-state index in [2.05, 4.69) is 5.32 Å². The van der Waals surface area contributed by atoms with E-state index >= 15 is 0 Å². The summed E-state index contributed by atoms with van der Waals surface area (Å²) >= 11 is 6.04. The molecule has 0 bridgehead atoms. The van der Waals surface area contributed by atoms with Crippen LogP contribution in [-0.4, -0.2) is 43.4 Å². The van der Waals surface area contributed by atoms with Crippen LogP contribution in [0.3, 0.4) is 0 Å². The highest BCUT2D eigenvalue weighted by molar-refractivity contribution is 7.89. The number of anilines is 1. The number of nitrogens with one attached hydrogen (secondary N) is 1. The fourth-order valence-electron chi connectivity index (χ4n) is 3.18. The number of hydrogen-bond donors (Lipinski definition) is 1. The summed E-state index contributed by atoms with van der Waals surface area (Å²) < 4.78 is 33.1. The van der Waals surface area contributed by atoms with Gasteiger partial charge in [0, 0.05) is 25.0 Å². The lowest BCUT2D eigenvalue weighted by molar-refractivity contribution is -0.116. The maximum Gasteiger partial charge on any atom is 0.271 e. The lowest BCUT2D eigenvalue weighted by Crippen LogP contribution is -2.39. The lowest BCUT2D eigenvalue weighted by atomic mass is 10.2. The molecule has 1 N–H and O–H groups in total. The largest absolute Gasteiger partial charge is 0.495 e. The second-order valence-corrected chi connectivity index (χ2v) is 8.98. The van der Waals surface area contributed by atoms with Gasteiger partial charge in [-0.3, -0.25) is 9.59 Å². The molecule has 0 saturated carbocycles. The molecule has 1 saturated heterocycles. The molecule has 1 aliphatic heterocycles. The zero-order valence-corrected chi connectivity index (χ0v) is 17.5. The van der Waals surface area contributed by atoms with Gasteiger partial charge in [0.1, 0.15) is 17.2 Å². The first-order valence-corrected chi connectivity index (χ1v) is 11.0. The molecule has 3 rings (SSSR count). The number of carbonyl (C=O) groups is 1. The predicted octanol–water partition coefficient (Wildman–Crippen LogP) is 2.32. The first-order chi connectivity index (χ1) is 13.8.